The maximum atomic E-state index is 11.4. The molecule has 12 heavy (non-hydrogen) atoms. The summed E-state index contributed by atoms with van der Waals surface area (Å²) in [6.45, 7) is 1.76. The van der Waals surface area contributed by atoms with E-state index in [-0.39, 0.29) is 11.2 Å². The van der Waals surface area contributed by atoms with Crippen LogP contribution in [0.25, 0.3) is 0 Å². The smallest absolute Gasteiger partial charge is 0.165 e. The van der Waals surface area contributed by atoms with Gasteiger partial charge in [-0.25, -0.2) is 0 Å². The van der Waals surface area contributed by atoms with Crippen LogP contribution in [-0.4, -0.2) is 21.9 Å². The Balaban J connectivity index is 2.72. The van der Waals surface area contributed by atoms with Crippen molar-refractivity contribution in [2.45, 2.75) is 50.0 Å². The van der Waals surface area contributed by atoms with E-state index in [1.807, 2.05) is 0 Å². The number of ketones is 1. The number of hydrogen-bond donors (Lipinski definition) is 1. The van der Waals surface area contributed by atoms with Crippen LogP contribution in [-0.2, 0) is 4.79 Å². The highest BCUT2D eigenvalue weighted by Gasteiger charge is 2.42. The van der Waals surface area contributed by atoms with E-state index in [4.69, 9.17) is 11.6 Å². The zero-order valence-corrected chi connectivity index (χ0v) is 8.10. The SMILES string of the molecule is CCC(=O)C1(O)CCCCC1Cl. The van der Waals surface area contributed by atoms with E-state index in [2.05, 4.69) is 0 Å². The molecule has 0 spiro atoms. The van der Waals surface area contributed by atoms with Crippen LogP contribution in [0.4, 0.5) is 0 Å². The zero-order chi connectivity index (χ0) is 9.19. The third-order valence-electron chi connectivity index (χ3n) is 2.59. The van der Waals surface area contributed by atoms with Crippen LogP contribution in [0.5, 0.6) is 0 Å². The molecule has 1 saturated carbocycles. The molecule has 70 valence electrons. The normalized spacial score (nSPS) is 36.4. The van der Waals surface area contributed by atoms with Crippen LogP contribution in [0.15, 0.2) is 0 Å². The molecule has 0 radical (unpaired) electrons. The molecule has 0 aromatic heterocycles. The van der Waals surface area contributed by atoms with E-state index < -0.39 is 5.60 Å². The number of halogens is 1. The number of hydrogen-bond acceptors (Lipinski definition) is 2. The minimum Gasteiger partial charge on any atom is -0.381 e. The summed E-state index contributed by atoms with van der Waals surface area (Å²) in [7, 11) is 0. The minimum atomic E-state index is -1.23. The average molecular weight is 191 g/mol. The number of aliphatic hydroxyl groups is 1. The molecule has 0 aromatic carbocycles. The van der Waals surface area contributed by atoms with Gasteiger partial charge in [-0.05, 0) is 12.8 Å². The molecule has 0 amide bonds. The molecule has 2 nitrogen and oxygen atoms in total. The third kappa shape index (κ3) is 1.64. The van der Waals surface area contributed by atoms with Crippen molar-refractivity contribution in [3.05, 3.63) is 0 Å². The van der Waals surface area contributed by atoms with Gasteiger partial charge >= 0.3 is 0 Å². The molecule has 1 fully saturated rings. The Morgan fingerprint density at radius 1 is 1.67 bits per heavy atom. The van der Waals surface area contributed by atoms with Gasteiger partial charge in [0.1, 0.15) is 5.60 Å². The van der Waals surface area contributed by atoms with Gasteiger partial charge in [0.25, 0.3) is 0 Å². The van der Waals surface area contributed by atoms with Crippen molar-refractivity contribution >= 4 is 17.4 Å². The lowest BCUT2D eigenvalue weighted by Crippen LogP contribution is -2.48. The fourth-order valence-corrected chi connectivity index (χ4v) is 2.12. The molecule has 0 aromatic rings. The van der Waals surface area contributed by atoms with Gasteiger partial charge in [-0.2, -0.15) is 0 Å². The monoisotopic (exact) mass is 190 g/mol. The van der Waals surface area contributed by atoms with E-state index in [9.17, 15) is 9.90 Å². The molecule has 1 rings (SSSR count). The van der Waals surface area contributed by atoms with Gasteiger partial charge in [-0.15, -0.1) is 11.6 Å². The summed E-state index contributed by atoms with van der Waals surface area (Å²) < 4.78 is 0. The second-order valence-electron chi connectivity index (χ2n) is 3.41. The highest BCUT2D eigenvalue weighted by molar-refractivity contribution is 6.23. The zero-order valence-electron chi connectivity index (χ0n) is 7.35. The van der Waals surface area contributed by atoms with Crippen LogP contribution in [0.3, 0.4) is 0 Å². The summed E-state index contributed by atoms with van der Waals surface area (Å²) in [6.07, 6.45) is 3.59. The first-order valence-corrected chi connectivity index (χ1v) is 4.94. The summed E-state index contributed by atoms with van der Waals surface area (Å²) in [5, 5.41) is 9.55. The van der Waals surface area contributed by atoms with E-state index in [0.29, 0.717) is 12.8 Å². The minimum absolute atomic E-state index is 0.109. The fraction of sp³-hybridized carbons (Fsp3) is 0.889. The maximum absolute atomic E-state index is 11.4. The van der Waals surface area contributed by atoms with Gasteiger partial charge in [0.2, 0.25) is 0 Å². The Bertz CT molecular complexity index is 181. The summed E-state index contributed by atoms with van der Waals surface area (Å²) in [6, 6.07) is 0. The van der Waals surface area contributed by atoms with Crippen LogP contribution in [0, 0.1) is 0 Å². The van der Waals surface area contributed by atoms with Crippen molar-refractivity contribution in [1.82, 2.24) is 0 Å². The lowest BCUT2D eigenvalue weighted by atomic mass is 9.80. The first-order chi connectivity index (χ1) is 5.61. The fourth-order valence-electron chi connectivity index (χ4n) is 1.73. The van der Waals surface area contributed by atoms with Crippen molar-refractivity contribution < 1.29 is 9.90 Å². The Labute approximate surface area is 77.9 Å². The quantitative estimate of drug-likeness (QED) is 0.676. The molecule has 0 heterocycles. The highest BCUT2D eigenvalue weighted by Crippen LogP contribution is 2.33. The van der Waals surface area contributed by atoms with Crippen LogP contribution < -0.4 is 0 Å². The van der Waals surface area contributed by atoms with E-state index in [1.54, 1.807) is 6.92 Å². The van der Waals surface area contributed by atoms with Gasteiger partial charge in [0.05, 0.1) is 5.38 Å². The van der Waals surface area contributed by atoms with Crippen LogP contribution in [0.2, 0.25) is 0 Å². The average Bonchev–Trinajstić information content (AvgIpc) is 2.09. The predicted octanol–water partition coefficient (Wildman–Crippen LogP) is 1.88. The molecule has 2 atom stereocenters. The summed E-state index contributed by atoms with van der Waals surface area (Å²) >= 11 is 5.93. The topological polar surface area (TPSA) is 37.3 Å². The summed E-state index contributed by atoms with van der Waals surface area (Å²) in [5.74, 6) is -0.109. The predicted molar refractivity (Wildman–Crippen MR) is 48.4 cm³/mol. The third-order valence-corrected chi connectivity index (χ3v) is 3.17. The molecule has 1 aliphatic rings. The Kier molecular flexibility index (Phi) is 3.13. The van der Waals surface area contributed by atoms with Crippen LogP contribution in [0.1, 0.15) is 39.0 Å². The number of rotatable bonds is 2. The van der Waals surface area contributed by atoms with Gasteiger partial charge in [-0.3, -0.25) is 4.79 Å². The molecule has 2 unspecified atom stereocenters. The van der Waals surface area contributed by atoms with E-state index >= 15 is 0 Å². The Morgan fingerprint density at radius 3 is 2.83 bits per heavy atom. The highest BCUT2D eigenvalue weighted by atomic mass is 35.5. The standard InChI is InChI=1S/C9H15ClO2/c1-2-8(11)9(12)6-4-3-5-7(9)10/h7,12H,2-6H2,1H3. The molecule has 1 N–H and O–H groups in total. The van der Waals surface area contributed by atoms with Crippen LogP contribution >= 0.6 is 11.6 Å². The van der Waals surface area contributed by atoms with Crippen molar-refractivity contribution in [3.63, 3.8) is 0 Å². The van der Waals surface area contributed by atoms with Gasteiger partial charge in [0.15, 0.2) is 5.78 Å². The summed E-state index contributed by atoms with van der Waals surface area (Å²) in [4.78, 5) is 11.4. The molecule has 1 aliphatic carbocycles. The first kappa shape index (κ1) is 10.0. The lowest BCUT2D eigenvalue weighted by molar-refractivity contribution is -0.139. The van der Waals surface area contributed by atoms with Crippen molar-refractivity contribution in [1.29, 1.82) is 0 Å². The molecule has 0 saturated heterocycles. The lowest BCUT2D eigenvalue weighted by Gasteiger charge is -2.34. The number of carbonyl (C=O) groups excluding carboxylic acids is 1. The van der Waals surface area contributed by atoms with E-state index in [0.717, 1.165) is 19.3 Å². The Morgan fingerprint density at radius 2 is 2.33 bits per heavy atom. The number of Topliss-reactive ketones (excluding diaryl/α,β-unsaturated/α-hetero) is 1. The molecule has 3 heteroatoms. The Hall–Kier alpha value is -0.0800. The second-order valence-corrected chi connectivity index (χ2v) is 3.94. The van der Waals surface area contributed by atoms with E-state index in [1.165, 1.54) is 0 Å². The number of alkyl halides is 1. The first-order valence-electron chi connectivity index (χ1n) is 4.51. The second kappa shape index (κ2) is 3.75. The largest absolute Gasteiger partial charge is 0.381 e. The van der Waals surface area contributed by atoms with Gasteiger partial charge < -0.3 is 5.11 Å². The maximum Gasteiger partial charge on any atom is 0.165 e. The van der Waals surface area contributed by atoms with Crippen molar-refractivity contribution in [2.24, 2.45) is 0 Å². The van der Waals surface area contributed by atoms with Crippen molar-refractivity contribution in [2.75, 3.05) is 0 Å². The summed E-state index contributed by atoms with van der Waals surface area (Å²) in [5.41, 5.74) is -1.23. The van der Waals surface area contributed by atoms with Gasteiger partial charge in [-0.1, -0.05) is 19.8 Å². The number of carbonyl (C=O) groups is 1. The van der Waals surface area contributed by atoms with Crippen molar-refractivity contribution in [3.8, 4) is 0 Å². The van der Waals surface area contributed by atoms with Gasteiger partial charge in [0, 0.05) is 6.42 Å². The molecule has 0 bridgehead atoms. The molecular weight excluding hydrogens is 176 g/mol. The molecule has 0 aliphatic heterocycles. The molecular formula is C9H15ClO2.